The van der Waals surface area contributed by atoms with Crippen molar-refractivity contribution in [1.82, 2.24) is 9.97 Å². The number of hydrogen-bond donors (Lipinski definition) is 1. The van der Waals surface area contributed by atoms with Crippen molar-refractivity contribution in [3.8, 4) is 28.1 Å². The van der Waals surface area contributed by atoms with E-state index in [4.69, 9.17) is 9.97 Å². The van der Waals surface area contributed by atoms with Gasteiger partial charge >= 0.3 is 0 Å². The Morgan fingerprint density at radius 2 is 1.57 bits per heavy atom. The monoisotopic (exact) mass is 798 g/mol. The van der Waals surface area contributed by atoms with E-state index in [0.29, 0.717) is 5.52 Å². The number of benzene rings is 4. The van der Waals surface area contributed by atoms with Crippen molar-refractivity contribution in [1.29, 1.82) is 0 Å². The maximum absolute atomic E-state index is 11.0. The molecule has 47 heavy (non-hydrogen) atoms. The molecule has 6 heteroatoms. The van der Waals surface area contributed by atoms with Gasteiger partial charge in [0.2, 0.25) is 0 Å². The fourth-order valence-corrected chi connectivity index (χ4v) is 6.57. The zero-order chi connectivity index (χ0) is 32.4. The first-order valence-corrected chi connectivity index (χ1v) is 15.8. The van der Waals surface area contributed by atoms with Gasteiger partial charge in [-0.2, -0.15) is 0 Å². The van der Waals surface area contributed by atoms with Gasteiger partial charge in [-0.25, -0.2) is 4.98 Å². The predicted octanol–water partition coefficient (Wildman–Crippen LogP) is 9.94. The first-order valence-electron chi connectivity index (χ1n) is 15.8. The van der Waals surface area contributed by atoms with Crippen molar-refractivity contribution in [2.24, 2.45) is 0 Å². The Kier molecular flexibility index (Phi) is 8.26. The van der Waals surface area contributed by atoms with Crippen LogP contribution in [-0.4, -0.2) is 29.2 Å². The van der Waals surface area contributed by atoms with E-state index in [1.54, 1.807) is 6.07 Å². The normalized spacial score (nSPS) is 13.5. The second kappa shape index (κ2) is 12.0. The first kappa shape index (κ1) is 32.5. The molecule has 1 aliphatic heterocycles. The summed E-state index contributed by atoms with van der Waals surface area (Å²) in [4.78, 5) is 14.1. The van der Waals surface area contributed by atoms with Gasteiger partial charge in [0.25, 0.3) is 0 Å². The van der Waals surface area contributed by atoms with E-state index >= 15 is 0 Å². The van der Waals surface area contributed by atoms with E-state index in [9.17, 15) is 5.11 Å². The smallest absolute Gasteiger partial charge is 0.140 e. The van der Waals surface area contributed by atoms with Gasteiger partial charge < -0.3 is 14.9 Å². The van der Waals surface area contributed by atoms with E-state index in [0.717, 1.165) is 56.2 Å². The van der Waals surface area contributed by atoms with Crippen molar-refractivity contribution < 1.29 is 26.2 Å². The van der Waals surface area contributed by atoms with Gasteiger partial charge in [0, 0.05) is 52.4 Å². The van der Waals surface area contributed by atoms with Crippen LogP contribution < -0.4 is 9.80 Å². The van der Waals surface area contributed by atoms with Gasteiger partial charge in [0.15, 0.2) is 0 Å². The van der Waals surface area contributed by atoms with E-state index in [1.165, 1.54) is 11.1 Å². The van der Waals surface area contributed by atoms with Crippen molar-refractivity contribution in [3.63, 3.8) is 0 Å². The molecule has 240 valence electrons. The molecule has 0 atom stereocenters. The molecular weight excluding hydrogens is 760 g/mol. The molecule has 6 aromatic rings. The van der Waals surface area contributed by atoms with Crippen molar-refractivity contribution >= 4 is 33.8 Å². The van der Waals surface area contributed by atoms with E-state index in [1.807, 2.05) is 36.5 Å². The number of fused-ring (bicyclic) bond motifs is 3. The van der Waals surface area contributed by atoms with E-state index in [-0.39, 0.29) is 37.6 Å². The van der Waals surface area contributed by atoms with Crippen LogP contribution in [0.1, 0.15) is 51.3 Å². The van der Waals surface area contributed by atoms with Crippen LogP contribution in [0.4, 0.5) is 22.9 Å². The number of phenols is 1. The Hall–Kier alpha value is -4.47. The molecule has 0 aliphatic carbocycles. The second-order valence-corrected chi connectivity index (χ2v) is 13.9. The van der Waals surface area contributed by atoms with Gasteiger partial charge in [0.05, 0.1) is 5.69 Å². The summed E-state index contributed by atoms with van der Waals surface area (Å²) in [5.41, 5.74) is 11.0. The quantitative estimate of drug-likeness (QED) is 0.180. The summed E-state index contributed by atoms with van der Waals surface area (Å²) in [5, 5.41) is 11.9. The second-order valence-electron chi connectivity index (χ2n) is 13.9. The maximum atomic E-state index is 11.0. The minimum atomic E-state index is -0.262. The average Bonchev–Trinajstić information content (AvgIpc) is 3.04. The van der Waals surface area contributed by atoms with Gasteiger partial charge in [-0.05, 0) is 80.9 Å². The molecule has 2 aromatic heterocycles. The number of rotatable bonds is 4. The maximum Gasteiger partial charge on any atom is 0.140 e. The standard InChI is InChI=1S/C41H39N4O.Pt/c1-40(2,3)28-14-11-26(12-15-28)30-18-22-37(46)39-31(30)17-21-34(43-39)27-13-19-32-35(24-27)45(38-10-8-9-23-42-38)36-25-29(44(6)7)16-20-33(36)41(32,4)5;/h8-23,25,46H,1-7H3;/q-1;. The van der Waals surface area contributed by atoms with E-state index in [2.05, 4.69) is 125 Å². The van der Waals surface area contributed by atoms with Crippen LogP contribution in [0.5, 0.6) is 5.75 Å². The Balaban J connectivity index is 0.00000386. The molecule has 5 nitrogen and oxygen atoms in total. The van der Waals surface area contributed by atoms with E-state index < -0.39 is 0 Å². The molecule has 1 aliphatic rings. The molecule has 4 aromatic carbocycles. The van der Waals surface area contributed by atoms with Crippen LogP contribution in [0.3, 0.4) is 0 Å². The van der Waals surface area contributed by atoms with Crippen molar-refractivity contribution in [3.05, 3.63) is 126 Å². The molecular formula is C41H39N4OPt-. The third-order valence-electron chi connectivity index (χ3n) is 9.29. The summed E-state index contributed by atoms with van der Waals surface area (Å²) in [5.74, 6) is 0.988. The third kappa shape index (κ3) is 5.61. The van der Waals surface area contributed by atoms with Crippen LogP contribution in [-0.2, 0) is 31.9 Å². The number of aromatic hydroxyl groups is 1. The molecule has 0 spiro atoms. The molecule has 0 radical (unpaired) electrons. The van der Waals surface area contributed by atoms with Crippen LogP contribution in [0, 0.1) is 6.07 Å². The van der Waals surface area contributed by atoms with Crippen LogP contribution in [0.15, 0.2) is 103 Å². The summed E-state index contributed by atoms with van der Waals surface area (Å²) < 4.78 is 0. The van der Waals surface area contributed by atoms with Gasteiger partial charge in [0.1, 0.15) is 17.1 Å². The topological polar surface area (TPSA) is 52.5 Å². The fraction of sp³-hybridized carbons (Fsp3) is 0.220. The summed E-state index contributed by atoms with van der Waals surface area (Å²) in [6.07, 6.45) is 1.83. The van der Waals surface area contributed by atoms with Gasteiger partial charge in [-0.15, -0.1) is 23.8 Å². The predicted molar refractivity (Wildman–Crippen MR) is 191 cm³/mol. The number of anilines is 4. The number of hydrogen-bond acceptors (Lipinski definition) is 5. The molecule has 7 rings (SSSR count). The van der Waals surface area contributed by atoms with Gasteiger partial charge in [-0.3, -0.25) is 4.98 Å². The Morgan fingerprint density at radius 1 is 0.830 bits per heavy atom. The molecule has 0 unspecified atom stereocenters. The number of aromatic nitrogens is 2. The molecule has 0 amide bonds. The SMILES string of the molecule is CN(C)c1ccc2c(c1)N(c1ccccn1)c1[c-]c(-c3ccc4c(-c5ccc(C(C)(C)C)cc5)ccc(O)c4n3)ccc1C2(C)C.[Pt]. The number of pyridine rings is 2. The molecule has 3 heterocycles. The molecule has 1 N–H and O–H groups in total. The summed E-state index contributed by atoms with van der Waals surface area (Å²) in [6.45, 7) is 11.2. The summed E-state index contributed by atoms with van der Waals surface area (Å²) in [6, 6.07) is 37.2. The zero-order valence-electron chi connectivity index (χ0n) is 27.9. The van der Waals surface area contributed by atoms with Crippen LogP contribution in [0.2, 0.25) is 0 Å². The number of nitrogens with zero attached hydrogens (tertiary/aromatic N) is 4. The Labute approximate surface area is 292 Å². The molecule has 0 saturated carbocycles. The summed E-state index contributed by atoms with van der Waals surface area (Å²) in [7, 11) is 4.12. The first-order chi connectivity index (χ1) is 21.9. The van der Waals surface area contributed by atoms with Crippen molar-refractivity contribution in [2.75, 3.05) is 23.9 Å². The zero-order valence-corrected chi connectivity index (χ0v) is 30.1. The minimum Gasteiger partial charge on any atom is -0.506 e. The molecule has 0 bridgehead atoms. The van der Waals surface area contributed by atoms with Crippen molar-refractivity contribution in [2.45, 2.75) is 45.4 Å². The Morgan fingerprint density at radius 3 is 2.26 bits per heavy atom. The van der Waals surface area contributed by atoms with Gasteiger partial charge in [-0.1, -0.05) is 88.7 Å². The molecule has 0 saturated heterocycles. The average molecular weight is 799 g/mol. The number of phenolic OH excluding ortho intramolecular Hbond substituents is 1. The molecule has 0 fully saturated rings. The van der Waals surface area contributed by atoms with Crippen LogP contribution >= 0.6 is 0 Å². The fourth-order valence-electron chi connectivity index (χ4n) is 6.57. The minimum absolute atomic E-state index is 0. The Bertz CT molecular complexity index is 2100. The third-order valence-corrected chi connectivity index (χ3v) is 9.29. The largest absolute Gasteiger partial charge is 0.506 e. The summed E-state index contributed by atoms with van der Waals surface area (Å²) >= 11 is 0. The van der Waals surface area contributed by atoms with Crippen LogP contribution in [0.25, 0.3) is 33.3 Å².